The summed E-state index contributed by atoms with van der Waals surface area (Å²) in [5, 5.41) is 0. The number of ether oxygens (including phenoxy) is 1. The molecule has 0 saturated heterocycles. The quantitative estimate of drug-likeness (QED) is 0.871. The van der Waals surface area contributed by atoms with E-state index in [-0.39, 0.29) is 5.82 Å². The van der Waals surface area contributed by atoms with E-state index < -0.39 is 0 Å². The highest BCUT2D eigenvalue weighted by molar-refractivity contribution is 7.10. The standard InChI is InChI=1S/C10H9FN2OS/c11-7-2-1-3-8(4-7)14-5-9-10(12)13-6-15-9/h1-4,6H,5,12H2. The van der Waals surface area contributed by atoms with Gasteiger partial charge in [-0.2, -0.15) is 0 Å². The second-order valence-corrected chi connectivity index (χ2v) is 3.85. The number of nitrogens with two attached hydrogens (primary N) is 1. The lowest BCUT2D eigenvalue weighted by atomic mass is 10.3. The Bertz CT molecular complexity index is 458. The molecule has 5 heteroatoms. The van der Waals surface area contributed by atoms with Crippen LogP contribution in [0, 0.1) is 5.82 Å². The molecular weight excluding hydrogens is 215 g/mol. The highest BCUT2D eigenvalue weighted by atomic mass is 32.1. The fraction of sp³-hybridized carbons (Fsp3) is 0.100. The summed E-state index contributed by atoms with van der Waals surface area (Å²) in [4.78, 5) is 4.74. The van der Waals surface area contributed by atoms with E-state index in [2.05, 4.69) is 4.98 Å². The monoisotopic (exact) mass is 224 g/mol. The van der Waals surface area contributed by atoms with Crippen LogP contribution >= 0.6 is 11.3 Å². The zero-order valence-electron chi connectivity index (χ0n) is 7.81. The maximum Gasteiger partial charge on any atom is 0.141 e. The van der Waals surface area contributed by atoms with Crippen LogP contribution < -0.4 is 10.5 Å². The molecule has 0 bridgehead atoms. The first-order valence-corrected chi connectivity index (χ1v) is 5.20. The van der Waals surface area contributed by atoms with Crippen molar-refractivity contribution in [1.82, 2.24) is 4.98 Å². The summed E-state index contributed by atoms with van der Waals surface area (Å²) in [6, 6.07) is 5.99. The summed E-state index contributed by atoms with van der Waals surface area (Å²) in [6.07, 6.45) is 0. The Morgan fingerprint density at radius 3 is 3.00 bits per heavy atom. The van der Waals surface area contributed by atoms with E-state index in [4.69, 9.17) is 10.5 Å². The third kappa shape index (κ3) is 2.44. The predicted molar refractivity (Wildman–Crippen MR) is 57.3 cm³/mol. The first kappa shape index (κ1) is 9.92. The van der Waals surface area contributed by atoms with Gasteiger partial charge in [-0.25, -0.2) is 9.37 Å². The van der Waals surface area contributed by atoms with Crippen LogP contribution in [0.25, 0.3) is 0 Å². The molecule has 1 heterocycles. The van der Waals surface area contributed by atoms with Crippen LogP contribution in [-0.4, -0.2) is 4.98 Å². The van der Waals surface area contributed by atoms with Gasteiger partial charge in [-0.15, -0.1) is 11.3 Å². The minimum Gasteiger partial charge on any atom is -0.488 e. The van der Waals surface area contributed by atoms with Crippen LogP contribution in [-0.2, 0) is 6.61 Å². The van der Waals surface area contributed by atoms with Crippen molar-refractivity contribution in [2.24, 2.45) is 0 Å². The number of hydrogen-bond acceptors (Lipinski definition) is 4. The van der Waals surface area contributed by atoms with E-state index in [9.17, 15) is 4.39 Å². The van der Waals surface area contributed by atoms with Crippen LogP contribution in [0.1, 0.15) is 4.88 Å². The third-order valence-corrected chi connectivity index (χ3v) is 2.66. The van der Waals surface area contributed by atoms with Crippen LogP contribution in [0.2, 0.25) is 0 Å². The van der Waals surface area contributed by atoms with E-state index in [1.165, 1.54) is 23.5 Å². The molecule has 0 saturated carbocycles. The minimum absolute atomic E-state index is 0.315. The number of anilines is 1. The van der Waals surface area contributed by atoms with Gasteiger partial charge in [-0.05, 0) is 12.1 Å². The maximum absolute atomic E-state index is 12.8. The fourth-order valence-corrected chi connectivity index (χ4v) is 1.69. The lowest BCUT2D eigenvalue weighted by molar-refractivity contribution is 0.308. The van der Waals surface area contributed by atoms with Crippen molar-refractivity contribution in [3.05, 3.63) is 40.5 Å². The van der Waals surface area contributed by atoms with Crippen molar-refractivity contribution < 1.29 is 9.13 Å². The summed E-state index contributed by atoms with van der Waals surface area (Å²) < 4.78 is 18.2. The van der Waals surface area contributed by atoms with Gasteiger partial charge in [0.25, 0.3) is 0 Å². The number of nitrogen functional groups attached to an aromatic ring is 1. The smallest absolute Gasteiger partial charge is 0.141 e. The van der Waals surface area contributed by atoms with Crippen molar-refractivity contribution in [3.8, 4) is 5.75 Å². The molecule has 0 unspecified atom stereocenters. The normalized spacial score (nSPS) is 10.2. The zero-order valence-corrected chi connectivity index (χ0v) is 8.63. The number of halogens is 1. The molecule has 1 aromatic carbocycles. The Morgan fingerprint density at radius 2 is 2.33 bits per heavy atom. The SMILES string of the molecule is Nc1ncsc1COc1cccc(F)c1. The zero-order chi connectivity index (χ0) is 10.7. The Balaban J connectivity index is 2.02. The van der Waals surface area contributed by atoms with E-state index in [1.807, 2.05) is 0 Å². The first-order chi connectivity index (χ1) is 7.25. The summed E-state index contributed by atoms with van der Waals surface area (Å²) in [6.45, 7) is 0.319. The summed E-state index contributed by atoms with van der Waals surface area (Å²) in [5.74, 6) is 0.643. The molecule has 2 aromatic rings. The average molecular weight is 224 g/mol. The molecule has 0 aliphatic heterocycles. The summed E-state index contributed by atoms with van der Waals surface area (Å²) >= 11 is 1.42. The van der Waals surface area contributed by atoms with Gasteiger partial charge in [0.05, 0.1) is 10.4 Å². The van der Waals surface area contributed by atoms with Gasteiger partial charge in [0.2, 0.25) is 0 Å². The number of thiazole rings is 1. The van der Waals surface area contributed by atoms with Crippen LogP contribution in [0.5, 0.6) is 5.75 Å². The van der Waals surface area contributed by atoms with E-state index >= 15 is 0 Å². The third-order valence-electron chi connectivity index (χ3n) is 1.84. The summed E-state index contributed by atoms with van der Waals surface area (Å²) in [7, 11) is 0. The van der Waals surface area contributed by atoms with Crippen molar-refractivity contribution in [1.29, 1.82) is 0 Å². The Labute approximate surface area is 90.3 Å². The van der Waals surface area contributed by atoms with Gasteiger partial charge < -0.3 is 10.5 Å². The van der Waals surface area contributed by atoms with E-state index in [1.54, 1.807) is 17.6 Å². The van der Waals surface area contributed by atoms with Crippen LogP contribution in [0.4, 0.5) is 10.2 Å². The summed E-state index contributed by atoms with van der Waals surface area (Å²) in [5.41, 5.74) is 7.23. The molecule has 3 nitrogen and oxygen atoms in total. The minimum atomic E-state index is -0.315. The highest BCUT2D eigenvalue weighted by Gasteiger charge is 2.03. The molecular formula is C10H9FN2OS. The average Bonchev–Trinajstić information content (AvgIpc) is 2.61. The van der Waals surface area contributed by atoms with Crippen LogP contribution in [0.15, 0.2) is 29.8 Å². The molecule has 0 atom stereocenters. The first-order valence-electron chi connectivity index (χ1n) is 4.32. The number of rotatable bonds is 3. The Morgan fingerprint density at radius 1 is 1.47 bits per heavy atom. The molecule has 78 valence electrons. The number of hydrogen-bond donors (Lipinski definition) is 1. The van der Waals surface area contributed by atoms with Gasteiger partial charge in [-0.3, -0.25) is 0 Å². The molecule has 0 aliphatic carbocycles. The molecule has 1 aromatic heterocycles. The lowest BCUT2D eigenvalue weighted by Gasteiger charge is -2.04. The fourth-order valence-electron chi connectivity index (χ4n) is 1.09. The molecule has 2 N–H and O–H groups in total. The maximum atomic E-state index is 12.8. The molecule has 2 rings (SSSR count). The second kappa shape index (κ2) is 4.27. The van der Waals surface area contributed by atoms with Crippen LogP contribution in [0.3, 0.4) is 0 Å². The van der Waals surface area contributed by atoms with Crippen molar-refractivity contribution >= 4 is 17.2 Å². The second-order valence-electron chi connectivity index (χ2n) is 2.91. The van der Waals surface area contributed by atoms with E-state index in [0.29, 0.717) is 18.2 Å². The number of nitrogens with zero attached hydrogens (tertiary/aromatic N) is 1. The van der Waals surface area contributed by atoms with Gasteiger partial charge in [0.1, 0.15) is 24.0 Å². The molecule has 0 aliphatic rings. The number of aromatic nitrogens is 1. The molecule has 0 spiro atoms. The molecule has 0 fully saturated rings. The van der Waals surface area contributed by atoms with Gasteiger partial charge in [0.15, 0.2) is 0 Å². The van der Waals surface area contributed by atoms with Gasteiger partial charge in [0, 0.05) is 6.07 Å². The highest BCUT2D eigenvalue weighted by Crippen LogP contribution is 2.19. The Hall–Kier alpha value is -1.62. The largest absolute Gasteiger partial charge is 0.488 e. The van der Waals surface area contributed by atoms with Crippen molar-refractivity contribution in [3.63, 3.8) is 0 Å². The van der Waals surface area contributed by atoms with Gasteiger partial charge in [-0.1, -0.05) is 6.07 Å². The molecule has 0 radical (unpaired) electrons. The predicted octanol–water partition coefficient (Wildman–Crippen LogP) is 2.44. The van der Waals surface area contributed by atoms with Gasteiger partial charge >= 0.3 is 0 Å². The lowest BCUT2D eigenvalue weighted by Crippen LogP contribution is -1.97. The number of benzene rings is 1. The van der Waals surface area contributed by atoms with Crippen molar-refractivity contribution in [2.75, 3.05) is 5.73 Å². The molecule has 15 heavy (non-hydrogen) atoms. The molecule has 0 amide bonds. The van der Waals surface area contributed by atoms with Crippen molar-refractivity contribution in [2.45, 2.75) is 6.61 Å². The Kier molecular flexibility index (Phi) is 2.82. The van der Waals surface area contributed by atoms with E-state index in [0.717, 1.165) is 4.88 Å². The topological polar surface area (TPSA) is 48.1 Å².